The second kappa shape index (κ2) is 13.6. The van der Waals surface area contributed by atoms with Gasteiger partial charge in [-0.05, 0) is 54.8 Å². The van der Waals surface area contributed by atoms with Crippen molar-refractivity contribution < 1.29 is 42.2 Å². The highest BCUT2D eigenvalue weighted by Crippen LogP contribution is 2.48. The van der Waals surface area contributed by atoms with E-state index in [1.54, 1.807) is 12.1 Å². The van der Waals surface area contributed by atoms with Crippen LogP contribution >= 0.6 is 11.6 Å². The number of aliphatic carboxylic acids is 1. The van der Waals surface area contributed by atoms with E-state index in [1.807, 2.05) is 12.1 Å². The molecule has 4 rings (SSSR count). The first-order valence-corrected chi connectivity index (χ1v) is 13.6. The van der Waals surface area contributed by atoms with Gasteiger partial charge in [0.15, 0.2) is 6.61 Å². The zero-order chi connectivity index (χ0) is 32.8. The van der Waals surface area contributed by atoms with Crippen molar-refractivity contribution in [2.24, 2.45) is 0 Å². The molecule has 1 atom stereocenters. The third-order valence-corrected chi connectivity index (χ3v) is 6.64. The SMILES string of the molecule is CNC(=O)C(=O)NC[C@H](NC(=O)c1ccc(Nc2nc(NC3(c4ccc(Cl)cc4)CC3)nc(OCC(F)(F)F)n2)cc1)C(=O)O. The molecule has 0 aliphatic heterocycles. The molecule has 6 N–H and O–H groups in total. The quantitative estimate of drug-likeness (QED) is 0.157. The zero-order valence-corrected chi connectivity index (χ0v) is 24.1. The Morgan fingerprint density at radius 2 is 1.62 bits per heavy atom. The van der Waals surface area contributed by atoms with Gasteiger partial charge in [0.05, 0.1) is 5.54 Å². The van der Waals surface area contributed by atoms with Gasteiger partial charge < -0.3 is 36.4 Å². The molecule has 1 aromatic heterocycles. The van der Waals surface area contributed by atoms with E-state index in [0.717, 1.165) is 5.56 Å². The van der Waals surface area contributed by atoms with Gasteiger partial charge in [0.1, 0.15) is 6.04 Å². The number of halogens is 4. The number of likely N-dealkylation sites (N-methyl/N-ethyl adjacent to an activating group) is 1. The number of aromatic nitrogens is 3. The molecule has 0 unspecified atom stereocenters. The molecule has 0 radical (unpaired) electrons. The Morgan fingerprint density at radius 1 is 0.978 bits per heavy atom. The van der Waals surface area contributed by atoms with E-state index >= 15 is 0 Å². The van der Waals surface area contributed by atoms with E-state index < -0.39 is 60.6 Å². The van der Waals surface area contributed by atoms with Gasteiger partial charge in [-0.1, -0.05) is 23.7 Å². The maximum Gasteiger partial charge on any atom is 0.422 e. The van der Waals surface area contributed by atoms with Crippen molar-refractivity contribution in [1.29, 1.82) is 0 Å². The van der Waals surface area contributed by atoms with Crippen molar-refractivity contribution in [3.63, 3.8) is 0 Å². The third kappa shape index (κ3) is 9.15. The highest BCUT2D eigenvalue weighted by atomic mass is 35.5. The number of hydrogen-bond donors (Lipinski definition) is 6. The second-order valence-corrected chi connectivity index (χ2v) is 10.2. The van der Waals surface area contributed by atoms with Crippen molar-refractivity contribution in [3.05, 3.63) is 64.7 Å². The molecule has 45 heavy (non-hydrogen) atoms. The first-order chi connectivity index (χ1) is 21.3. The zero-order valence-electron chi connectivity index (χ0n) is 23.4. The van der Waals surface area contributed by atoms with Gasteiger partial charge in [0, 0.05) is 29.9 Å². The first-order valence-electron chi connectivity index (χ1n) is 13.2. The average molecular weight is 651 g/mol. The molecule has 238 valence electrons. The van der Waals surface area contributed by atoms with Crippen LogP contribution in [0, 0.1) is 0 Å². The lowest BCUT2D eigenvalue weighted by atomic mass is 10.1. The Balaban J connectivity index is 1.47. The van der Waals surface area contributed by atoms with Crippen LogP contribution < -0.4 is 31.3 Å². The summed E-state index contributed by atoms with van der Waals surface area (Å²) < 4.78 is 43.3. The summed E-state index contributed by atoms with van der Waals surface area (Å²) in [6, 6.07) is 10.4. The van der Waals surface area contributed by atoms with Crippen LogP contribution in [0.2, 0.25) is 5.02 Å². The number of anilines is 3. The van der Waals surface area contributed by atoms with Crippen LogP contribution in [0.1, 0.15) is 28.8 Å². The molecule has 0 bridgehead atoms. The summed E-state index contributed by atoms with van der Waals surface area (Å²) in [6.45, 7) is -2.18. The molecule has 3 amide bonds. The van der Waals surface area contributed by atoms with Crippen LogP contribution in [0.25, 0.3) is 0 Å². The van der Waals surface area contributed by atoms with Crippen molar-refractivity contribution >= 4 is 52.9 Å². The van der Waals surface area contributed by atoms with E-state index in [1.165, 1.54) is 31.3 Å². The molecule has 1 saturated carbocycles. The van der Waals surface area contributed by atoms with Gasteiger partial charge >= 0.3 is 30.0 Å². The number of amides is 3. The minimum absolute atomic E-state index is 0.0373. The molecular formula is C27H26ClF3N8O6. The van der Waals surface area contributed by atoms with E-state index in [2.05, 4.69) is 41.5 Å². The fraction of sp³-hybridized carbons (Fsp3) is 0.296. The van der Waals surface area contributed by atoms with E-state index in [9.17, 15) is 37.5 Å². The summed E-state index contributed by atoms with van der Waals surface area (Å²) in [6.07, 6.45) is -3.23. The summed E-state index contributed by atoms with van der Waals surface area (Å²) in [7, 11) is 1.22. The van der Waals surface area contributed by atoms with Gasteiger partial charge in [0.2, 0.25) is 11.9 Å². The van der Waals surface area contributed by atoms with Crippen LogP contribution in [-0.2, 0) is 19.9 Å². The van der Waals surface area contributed by atoms with E-state index in [-0.39, 0.29) is 17.5 Å². The molecule has 1 aliphatic rings. The minimum Gasteiger partial charge on any atom is -0.480 e. The molecule has 1 fully saturated rings. The van der Waals surface area contributed by atoms with Gasteiger partial charge in [-0.25, -0.2) is 4.79 Å². The lowest BCUT2D eigenvalue weighted by Crippen LogP contribution is -2.50. The Morgan fingerprint density at radius 3 is 2.20 bits per heavy atom. The minimum atomic E-state index is -4.64. The number of ether oxygens (including phenoxy) is 1. The van der Waals surface area contributed by atoms with E-state index in [4.69, 9.17) is 16.3 Å². The first kappa shape index (κ1) is 32.7. The fourth-order valence-corrected chi connectivity index (χ4v) is 4.06. The lowest BCUT2D eigenvalue weighted by molar-refractivity contribution is -0.154. The number of carbonyl (C=O) groups is 4. The smallest absolute Gasteiger partial charge is 0.422 e. The molecule has 0 saturated heterocycles. The summed E-state index contributed by atoms with van der Waals surface area (Å²) >= 11 is 5.99. The van der Waals surface area contributed by atoms with Crippen molar-refractivity contribution in [2.75, 3.05) is 30.8 Å². The van der Waals surface area contributed by atoms with Crippen molar-refractivity contribution in [3.8, 4) is 6.01 Å². The van der Waals surface area contributed by atoms with Crippen LogP contribution in [0.3, 0.4) is 0 Å². The fourth-order valence-electron chi connectivity index (χ4n) is 3.94. The van der Waals surface area contributed by atoms with Gasteiger partial charge in [-0.2, -0.15) is 28.1 Å². The number of benzene rings is 2. The molecule has 2 aromatic carbocycles. The molecule has 0 spiro atoms. The predicted molar refractivity (Wildman–Crippen MR) is 153 cm³/mol. The van der Waals surface area contributed by atoms with Gasteiger partial charge in [-0.15, -0.1) is 0 Å². The Bertz CT molecular complexity index is 1570. The number of carboxylic acid groups (broad SMARTS) is 1. The topological polar surface area (TPSA) is 197 Å². The molecule has 1 aliphatic carbocycles. The highest BCUT2D eigenvalue weighted by Gasteiger charge is 2.45. The van der Waals surface area contributed by atoms with Gasteiger partial charge in [0.25, 0.3) is 5.91 Å². The molecule has 1 heterocycles. The Hall–Kier alpha value is -5.19. The Kier molecular flexibility index (Phi) is 9.91. The Labute approximate surface area is 258 Å². The summed E-state index contributed by atoms with van der Waals surface area (Å²) in [4.78, 5) is 59.3. The van der Waals surface area contributed by atoms with Crippen LogP contribution in [0.5, 0.6) is 6.01 Å². The second-order valence-electron chi connectivity index (χ2n) is 9.74. The summed E-state index contributed by atoms with van der Waals surface area (Å²) in [5.74, 6) is -4.51. The summed E-state index contributed by atoms with van der Waals surface area (Å²) in [5, 5.41) is 22.3. The number of carboxylic acids is 1. The standard InChI is InChI=1S/C27H26ClF3N8O6/c1-32-20(41)21(42)33-12-18(22(43)44)35-19(40)14-2-8-17(9-3-14)34-23-36-24(38-25(37-23)45-13-27(29,30)31)39-26(10-11-26)15-4-6-16(28)7-5-15/h2-9,18H,10-13H2,1H3,(H,32,41)(H,33,42)(H,35,40)(H,43,44)(H2,34,36,37,38,39)/t18-/m0/s1. The van der Waals surface area contributed by atoms with E-state index in [0.29, 0.717) is 23.6 Å². The number of rotatable bonds is 12. The number of carbonyl (C=O) groups excluding carboxylic acids is 3. The van der Waals surface area contributed by atoms with Gasteiger partial charge in [-0.3, -0.25) is 14.4 Å². The van der Waals surface area contributed by atoms with Crippen LogP contribution in [0.15, 0.2) is 48.5 Å². The van der Waals surface area contributed by atoms with Crippen LogP contribution in [0.4, 0.5) is 30.8 Å². The number of nitrogens with zero attached hydrogens (tertiary/aromatic N) is 3. The predicted octanol–water partition coefficient (Wildman–Crippen LogP) is 2.36. The van der Waals surface area contributed by atoms with Crippen molar-refractivity contribution in [2.45, 2.75) is 30.6 Å². The number of nitrogens with one attached hydrogen (secondary N) is 5. The molecular weight excluding hydrogens is 625 g/mol. The van der Waals surface area contributed by atoms with Crippen LogP contribution in [-0.4, -0.2) is 76.2 Å². The number of hydrogen-bond acceptors (Lipinski definition) is 10. The maximum absolute atomic E-state index is 12.8. The third-order valence-electron chi connectivity index (χ3n) is 6.38. The normalized spacial score (nSPS) is 14.0. The highest BCUT2D eigenvalue weighted by molar-refractivity contribution is 6.35. The molecule has 3 aromatic rings. The maximum atomic E-state index is 12.8. The monoisotopic (exact) mass is 650 g/mol. The lowest BCUT2D eigenvalue weighted by Gasteiger charge is -2.19. The summed E-state index contributed by atoms with van der Waals surface area (Å²) in [5.41, 5.74) is 0.679. The average Bonchev–Trinajstić information content (AvgIpc) is 3.77. The largest absolute Gasteiger partial charge is 0.480 e. The molecule has 18 heteroatoms. The number of alkyl halides is 3. The molecule has 14 nitrogen and oxygen atoms in total. The van der Waals surface area contributed by atoms with Crippen molar-refractivity contribution in [1.82, 2.24) is 30.9 Å².